The van der Waals surface area contributed by atoms with Crippen LogP contribution < -0.4 is 10.6 Å². The molecule has 1 unspecified atom stereocenters. The molecule has 3 rings (SSSR count). The van der Waals surface area contributed by atoms with Crippen molar-refractivity contribution < 1.29 is 9.52 Å². The van der Waals surface area contributed by atoms with Gasteiger partial charge < -0.3 is 20.2 Å². The molecule has 1 fully saturated rings. The van der Waals surface area contributed by atoms with E-state index in [0.717, 1.165) is 56.5 Å². The van der Waals surface area contributed by atoms with Crippen LogP contribution in [-0.4, -0.2) is 41.7 Å². The third kappa shape index (κ3) is 7.59. The maximum atomic E-state index is 9.64. The van der Waals surface area contributed by atoms with Gasteiger partial charge in [-0.25, -0.2) is 4.99 Å². The van der Waals surface area contributed by atoms with Gasteiger partial charge in [-0.3, -0.25) is 4.90 Å². The minimum absolute atomic E-state index is 0. The molecule has 2 heterocycles. The lowest BCUT2D eigenvalue weighted by Gasteiger charge is -2.29. The summed E-state index contributed by atoms with van der Waals surface area (Å²) in [6.45, 7) is 10.4. The fourth-order valence-electron chi connectivity index (χ4n) is 3.54. The first-order valence-corrected chi connectivity index (χ1v) is 10.6. The minimum atomic E-state index is -0.120. The van der Waals surface area contributed by atoms with Crippen LogP contribution in [-0.2, 0) is 13.1 Å². The number of guanidine groups is 1. The standard InChI is InChI=1S/C23H34N4O2.HI/c1-4-24-23(26-18(3)22-10-5-17(2)29-22)25-15-19-6-8-20(9-7-19)16-27-13-11-21(28)12-14-27;/h5-10,18,21,28H,4,11-16H2,1-3H3,(H2,24,25,26);1H. The summed E-state index contributed by atoms with van der Waals surface area (Å²) < 4.78 is 5.71. The summed E-state index contributed by atoms with van der Waals surface area (Å²) in [5.74, 6) is 2.60. The number of aliphatic hydroxyl groups is 1. The van der Waals surface area contributed by atoms with Gasteiger partial charge in [-0.15, -0.1) is 24.0 Å². The van der Waals surface area contributed by atoms with E-state index in [9.17, 15) is 5.11 Å². The Labute approximate surface area is 197 Å². The van der Waals surface area contributed by atoms with Crippen molar-refractivity contribution in [2.45, 2.75) is 58.8 Å². The van der Waals surface area contributed by atoms with E-state index in [-0.39, 0.29) is 36.1 Å². The van der Waals surface area contributed by atoms with Gasteiger partial charge in [0.25, 0.3) is 0 Å². The highest BCUT2D eigenvalue weighted by Crippen LogP contribution is 2.16. The minimum Gasteiger partial charge on any atom is -0.464 e. The molecule has 1 saturated heterocycles. The van der Waals surface area contributed by atoms with Crippen LogP contribution in [0.25, 0.3) is 0 Å². The quantitative estimate of drug-likeness (QED) is 0.289. The maximum Gasteiger partial charge on any atom is 0.192 e. The van der Waals surface area contributed by atoms with Gasteiger partial charge in [-0.05, 0) is 56.9 Å². The molecule has 0 saturated carbocycles. The molecule has 0 spiro atoms. The number of aliphatic hydroxyl groups excluding tert-OH is 1. The van der Waals surface area contributed by atoms with Crippen LogP contribution in [0.1, 0.15) is 55.4 Å². The Morgan fingerprint density at radius 3 is 2.43 bits per heavy atom. The molecule has 0 aliphatic carbocycles. The number of halogens is 1. The van der Waals surface area contributed by atoms with Crippen molar-refractivity contribution >= 4 is 29.9 Å². The number of rotatable bonds is 7. The average Bonchev–Trinajstić information content (AvgIpc) is 3.16. The molecular weight excluding hydrogens is 491 g/mol. The van der Waals surface area contributed by atoms with E-state index < -0.39 is 0 Å². The second-order valence-electron chi connectivity index (χ2n) is 7.83. The highest BCUT2D eigenvalue weighted by molar-refractivity contribution is 14.0. The fraction of sp³-hybridized carbons (Fsp3) is 0.522. The molecular formula is C23H35IN4O2. The lowest BCUT2D eigenvalue weighted by molar-refractivity contribution is 0.0792. The summed E-state index contributed by atoms with van der Waals surface area (Å²) in [5.41, 5.74) is 2.49. The van der Waals surface area contributed by atoms with E-state index in [2.05, 4.69) is 53.6 Å². The normalized spacial score (nSPS) is 16.7. The molecule has 7 heteroatoms. The van der Waals surface area contributed by atoms with Crippen molar-refractivity contribution in [2.75, 3.05) is 19.6 Å². The van der Waals surface area contributed by atoms with Crippen LogP contribution in [0, 0.1) is 6.92 Å². The number of nitrogens with one attached hydrogen (secondary N) is 2. The van der Waals surface area contributed by atoms with Gasteiger partial charge >= 0.3 is 0 Å². The second-order valence-corrected chi connectivity index (χ2v) is 7.83. The summed E-state index contributed by atoms with van der Waals surface area (Å²) >= 11 is 0. The van der Waals surface area contributed by atoms with Crippen LogP contribution in [0.3, 0.4) is 0 Å². The number of aryl methyl sites for hydroxylation is 1. The Kier molecular flexibility index (Phi) is 10.1. The first-order chi connectivity index (χ1) is 14.0. The molecule has 30 heavy (non-hydrogen) atoms. The third-order valence-corrected chi connectivity index (χ3v) is 5.29. The van der Waals surface area contributed by atoms with Gasteiger partial charge in [0.15, 0.2) is 5.96 Å². The zero-order chi connectivity index (χ0) is 20.6. The van der Waals surface area contributed by atoms with E-state index >= 15 is 0 Å². The summed E-state index contributed by atoms with van der Waals surface area (Å²) in [7, 11) is 0. The topological polar surface area (TPSA) is 73.0 Å². The van der Waals surface area contributed by atoms with Gasteiger partial charge in [-0.2, -0.15) is 0 Å². The van der Waals surface area contributed by atoms with E-state index in [1.165, 1.54) is 11.1 Å². The van der Waals surface area contributed by atoms with Crippen LogP contribution in [0.2, 0.25) is 0 Å². The van der Waals surface area contributed by atoms with E-state index in [1.54, 1.807) is 0 Å². The highest BCUT2D eigenvalue weighted by Gasteiger charge is 2.16. The molecule has 1 aromatic heterocycles. The molecule has 1 aromatic carbocycles. The number of likely N-dealkylation sites (tertiary alicyclic amines) is 1. The van der Waals surface area contributed by atoms with Crippen molar-refractivity contribution in [3.8, 4) is 0 Å². The molecule has 1 aliphatic rings. The van der Waals surface area contributed by atoms with Gasteiger partial charge in [-0.1, -0.05) is 24.3 Å². The van der Waals surface area contributed by atoms with E-state index in [1.807, 2.05) is 19.1 Å². The molecule has 1 atom stereocenters. The number of hydrogen-bond donors (Lipinski definition) is 3. The average molecular weight is 526 g/mol. The van der Waals surface area contributed by atoms with Crippen molar-refractivity contribution in [2.24, 2.45) is 4.99 Å². The first kappa shape index (κ1) is 24.7. The van der Waals surface area contributed by atoms with Crippen LogP contribution >= 0.6 is 24.0 Å². The molecule has 2 aromatic rings. The highest BCUT2D eigenvalue weighted by atomic mass is 127. The summed E-state index contributed by atoms with van der Waals surface area (Å²) in [5, 5.41) is 16.3. The Balaban J connectivity index is 0.00000320. The molecule has 0 amide bonds. The monoisotopic (exact) mass is 526 g/mol. The number of piperidine rings is 1. The number of furan rings is 1. The lowest BCUT2D eigenvalue weighted by atomic mass is 10.1. The molecule has 166 valence electrons. The molecule has 0 bridgehead atoms. The zero-order valence-corrected chi connectivity index (χ0v) is 20.6. The first-order valence-electron chi connectivity index (χ1n) is 10.6. The second kappa shape index (κ2) is 12.3. The smallest absolute Gasteiger partial charge is 0.192 e. The number of benzene rings is 1. The Hall–Kier alpha value is -1.58. The predicted octanol–water partition coefficient (Wildman–Crippen LogP) is 3.98. The summed E-state index contributed by atoms with van der Waals surface area (Å²) in [4.78, 5) is 7.13. The molecule has 0 radical (unpaired) electrons. The summed E-state index contributed by atoms with van der Waals surface area (Å²) in [6.07, 6.45) is 1.64. The largest absolute Gasteiger partial charge is 0.464 e. The van der Waals surface area contributed by atoms with Crippen molar-refractivity contribution in [1.29, 1.82) is 0 Å². The molecule has 6 nitrogen and oxygen atoms in total. The van der Waals surface area contributed by atoms with Crippen molar-refractivity contribution in [3.05, 3.63) is 59.0 Å². The van der Waals surface area contributed by atoms with Gasteiger partial charge in [0.2, 0.25) is 0 Å². The lowest BCUT2D eigenvalue weighted by Crippen LogP contribution is -2.38. The number of nitrogens with zero attached hydrogens (tertiary/aromatic N) is 2. The number of aliphatic imine (C=N–C) groups is 1. The van der Waals surface area contributed by atoms with Crippen molar-refractivity contribution in [3.63, 3.8) is 0 Å². The molecule has 3 N–H and O–H groups in total. The third-order valence-electron chi connectivity index (χ3n) is 5.29. The van der Waals surface area contributed by atoms with E-state index in [0.29, 0.717) is 6.54 Å². The van der Waals surface area contributed by atoms with Gasteiger partial charge in [0.1, 0.15) is 11.5 Å². The number of hydrogen-bond acceptors (Lipinski definition) is 4. The molecule has 1 aliphatic heterocycles. The van der Waals surface area contributed by atoms with Crippen LogP contribution in [0.4, 0.5) is 0 Å². The predicted molar refractivity (Wildman–Crippen MR) is 132 cm³/mol. The van der Waals surface area contributed by atoms with Gasteiger partial charge in [0, 0.05) is 26.2 Å². The zero-order valence-electron chi connectivity index (χ0n) is 18.2. The fourth-order valence-corrected chi connectivity index (χ4v) is 3.54. The van der Waals surface area contributed by atoms with Crippen molar-refractivity contribution in [1.82, 2.24) is 15.5 Å². The maximum absolute atomic E-state index is 9.64. The summed E-state index contributed by atoms with van der Waals surface area (Å²) in [6, 6.07) is 12.7. The Morgan fingerprint density at radius 2 is 1.83 bits per heavy atom. The van der Waals surface area contributed by atoms with Gasteiger partial charge in [0.05, 0.1) is 18.7 Å². The van der Waals surface area contributed by atoms with Crippen LogP contribution in [0.15, 0.2) is 45.8 Å². The Morgan fingerprint density at radius 1 is 1.17 bits per heavy atom. The van der Waals surface area contributed by atoms with E-state index in [4.69, 9.17) is 9.41 Å². The SMILES string of the molecule is CCNC(=NCc1ccc(CN2CCC(O)CC2)cc1)NC(C)c1ccc(C)o1.I. The Bertz CT molecular complexity index is 783. The van der Waals surface area contributed by atoms with Crippen LogP contribution in [0.5, 0.6) is 0 Å².